The van der Waals surface area contributed by atoms with Crippen molar-refractivity contribution in [2.24, 2.45) is 4.99 Å². The van der Waals surface area contributed by atoms with Gasteiger partial charge in [0.1, 0.15) is 5.75 Å². The standard InChI is InChI=1S/C22H31N3O2/c1-4-23-22(24-14-13-21(26)19-10-6-5-7-11-19)25-16-18-9-8-12-20(15-18)27-17(2)3/h5-12,15,17,21,26H,4,13-14,16H2,1-3H3,(H2,23,24,25). The summed E-state index contributed by atoms with van der Waals surface area (Å²) in [5.41, 5.74) is 2.03. The highest BCUT2D eigenvalue weighted by molar-refractivity contribution is 5.79. The predicted molar refractivity (Wildman–Crippen MR) is 111 cm³/mol. The molecule has 0 fully saturated rings. The van der Waals surface area contributed by atoms with Gasteiger partial charge in [-0.15, -0.1) is 0 Å². The normalized spacial score (nSPS) is 12.7. The summed E-state index contributed by atoms with van der Waals surface area (Å²) in [5, 5.41) is 16.8. The van der Waals surface area contributed by atoms with Crippen LogP contribution in [0, 0.1) is 0 Å². The Morgan fingerprint density at radius 3 is 2.56 bits per heavy atom. The minimum atomic E-state index is -0.480. The van der Waals surface area contributed by atoms with Crippen LogP contribution in [0.4, 0.5) is 0 Å². The van der Waals surface area contributed by atoms with E-state index >= 15 is 0 Å². The van der Waals surface area contributed by atoms with Gasteiger partial charge in [0.2, 0.25) is 0 Å². The first-order valence-corrected chi connectivity index (χ1v) is 9.59. The van der Waals surface area contributed by atoms with Gasteiger partial charge in [-0.2, -0.15) is 0 Å². The maximum absolute atomic E-state index is 10.3. The third-order valence-electron chi connectivity index (χ3n) is 3.93. The van der Waals surface area contributed by atoms with Crippen molar-refractivity contribution in [3.8, 4) is 5.75 Å². The molecule has 0 amide bonds. The molecule has 0 saturated heterocycles. The third kappa shape index (κ3) is 7.71. The van der Waals surface area contributed by atoms with E-state index in [0.717, 1.165) is 29.4 Å². The highest BCUT2D eigenvalue weighted by Crippen LogP contribution is 2.16. The summed E-state index contributed by atoms with van der Waals surface area (Å²) in [6.45, 7) is 8.05. The molecule has 5 heteroatoms. The van der Waals surface area contributed by atoms with Crippen LogP contribution in [0.1, 0.15) is 44.4 Å². The quantitative estimate of drug-likeness (QED) is 0.466. The summed E-state index contributed by atoms with van der Waals surface area (Å²) >= 11 is 0. The molecule has 2 aromatic rings. The lowest BCUT2D eigenvalue weighted by atomic mass is 10.1. The van der Waals surface area contributed by atoms with Crippen LogP contribution in [-0.2, 0) is 6.54 Å². The van der Waals surface area contributed by atoms with Gasteiger partial charge in [0, 0.05) is 13.1 Å². The van der Waals surface area contributed by atoms with Crippen LogP contribution in [-0.4, -0.2) is 30.3 Å². The smallest absolute Gasteiger partial charge is 0.191 e. The van der Waals surface area contributed by atoms with E-state index in [1.54, 1.807) is 0 Å². The van der Waals surface area contributed by atoms with Gasteiger partial charge in [-0.25, -0.2) is 4.99 Å². The molecule has 0 aromatic heterocycles. The fourth-order valence-corrected chi connectivity index (χ4v) is 2.67. The van der Waals surface area contributed by atoms with Gasteiger partial charge in [-0.05, 0) is 50.5 Å². The van der Waals surface area contributed by atoms with E-state index in [1.807, 2.05) is 75.4 Å². The van der Waals surface area contributed by atoms with E-state index in [4.69, 9.17) is 4.74 Å². The Morgan fingerprint density at radius 2 is 1.85 bits per heavy atom. The first-order valence-electron chi connectivity index (χ1n) is 9.59. The molecule has 146 valence electrons. The highest BCUT2D eigenvalue weighted by Gasteiger charge is 2.07. The zero-order valence-corrected chi connectivity index (χ0v) is 16.5. The second kappa shape index (κ2) is 11.2. The molecule has 2 rings (SSSR count). The fraction of sp³-hybridized carbons (Fsp3) is 0.409. The molecular formula is C22H31N3O2. The molecule has 1 unspecified atom stereocenters. The number of aliphatic hydroxyl groups is 1. The molecule has 0 bridgehead atoms. The zero-order valence-electron chi connectivity index (χ0n) is 16.5. The van der Waals surface area contributed by atoms with Crippen LogP contribution in [0.25, 0.3) is 0 Å². The second-order valence-corrected chi connectivity index (χ2v) is 6.65. The maximum Gasteiger partial charge on any atom is 0.191 e. The summed E-state index contributed by atoms with van der Waals surface area (Å²) in [7, 11) is 0. The van der Waals surface area contributed by atoms with Crippen molar-refractivity contribution in [1.82, 2.24) is 10.6 Å². The molecule has 27 heavy (non-hydrogen) atoms. The van der Waals surface area contributed by atoms with E-state index in [9.17, 15) is 5.11 Å². The summed E-state index contributed by atoms with van der Waals surface area (Å²) in [6, 6.07) is 17.7. The lowest BCUT2D eigenvalue weighted by Crippen LogP contribution is -2.38. The number of hydrogen-bond acceptors (Lipinski definition) is 3. The van der Waals surface area contributed by atoms with Crippen molar-refractivity contribution in [2.45, 2.75) is 45.9 Å². The molecule has 2 aromatic carbocycles. The molecular weight excluding hydrogens is 338 g/mol. The highest BCUT2D eigenvalue weighted by atomic mass is 16.5. The van der Waals surface area contributed by atoms with Crippen molar-refractivity contribution in [3.63, 3.8) is 0 Å². The van der Waals surface area contributed by atoms with E-state index in [-0.39, 0.29) is 6.10 Å². The number of hydrogen-bond donors (Lipinski definition) is 3. The van der Waals surface area contributed by atoms with Gasteiger partial charge in [0.05, 0.1) is 18.8 Å². The van der Waals surface area contributed by atoms with Gasteiger partial charge < -0.3 is 20.5 Å². The molecule has 0 spiro atoms. The molecule has 5 nitrogen and oxygen atoms in total. The van der Waals surface area contributed by atoms with Gasteiger partial charge in [-0.3, -0.25) is 0 Å². The number of aliphatic imine (C=N–C) groups is 1. The Hall–Kier alpha value is -2.53. The van der Waals surface area contributed by atoms with Gasteiger partial charge in [-0.1, -0.05) is 42.5 Å². The molecule has 1 atom stereocenters. The number of aliphatic hydroxyl groups excluding tert-OH is 1. The molecule has 0 heterocycles. The molecule has 0 aliphatic heterocycles. The SMILES string of the molecule is CCNC(=NCc1cccc(OC(C)C)c1)NCCC(O)c1ccccc1. The largest absolute Gasteiger partial charge is 0.491 e. The second-order valence-electron chi connectivity index (χ2n) is 6.65. The maximum atomic E-state index is 10.3. The van der Waals surface area contributed by atoms with E-state index in [0.29, 0.717) is 19.5 Å². The Labute approximate surface area is 162 Å². The molecule has 0 radical (unpaired) electrons. The Kier molecular flexibility index (Phi) is 8.65. The summed E-state index contributed by atoms with van der Waals surface area (Å²) in [5.74, 6) is 1.61. The van der Waals surface area contributed by atoms with E-state index < -0.39 is 6.10 Å². The van der Waals surface area contributed by atoms with Crippen molar-refractivity contribution >= 4 is 5.96 Å². The first kappa shape index (κ1) is 20.8. The van der Waals surface area contributed by atoms with Crippen molar-refractivity contribution < 1.29 is 9.84 Å². The number of nitrogens with zero attached hydrogens (tertiary/aromatic N) is 1. The molecule has 0 aliphatic rings. The molecule has 0 aliphatic carbocycles. The molecule has 0 saturated carbocycles. The number of nitrogens with one attached hydrogen (secondary N) is 2. The van der Waals surface area contributed by atoms with Crippen LogP contribution in [0.15, 0.2) is 59.6 Å². The Balaban J connectivity index is 1.88. The Bertz CT molecular complexity index is 702. The monoisotopic (exact) mass is 369 g/mol. The lowest BCUT2D eigenvalue weighted by molar-refractivity contribution is 0.168. The lowest BCUT2D eigenvalue weighted by Gasteiger charge is -2.14. The summed E-state index contributed by atoms with van der Waals surface area (Å²) in [6.07, 6.45) is 0.289. The predicted octanol–water partition coefficient (Wildman–Crippen LogP) is 3.65. The van der Waals surface area contributed by atoms with Gasteiger partial charge in [0.25, 0.3) is 0 Å². The van der Waals surface area contributed by atoms with Crippen molar-refractivity contribution in [1.29, 1.82) is 0 Å². The van der Waals surface area contributed by atoms with Gasteiger partial charge >= 0.3 is 0 Å². The minimum Gasteiger partial charge on any atom is -0.491 e. The summed E-state index contributed by atoms with van der Waals surface area (Å²) < 4.78 is 5.73. The van der Waals surface area contributed by atoms with Crippen LogP contribution in [0.2, 0.25) is 0 Å². The number of ether oxygens (including phenoxy) is 1. The number of rotatable bonds is 9. The van der Waals surface area contributed by atoms with Crippen LogP contribution in [0.3, 0.4) is 0 Å². The summed E-state index contributed by atoms with van der Waals surface area (Å²) in [4.78, 5) is 4.63. The Morgan fingerprint density at radius 1 is 1.07 bits per heavy atom. The first-order chi connectivity index (χ1) is 13.1. The van der Waals surface area contributed by atoms with E-state index in [2.05, 4.69) is 15.6 Å². The fourth-order valence-electron chi connectivity index (χ4n) is 2.67. The molecule has 3 N–H and O–H groups in total. The van der Waals surface area contributed by atoms with Crippen molar-refractivity contribution in [2.75, 3.05) is 13.1 Å². The number of guanidine groups is 1. The van der Waals surface area contributed by atoms with Crippen LogP contribution < -0.4 is 15.4 Å². The topological polar surface area (TPSA) is 65.9 Å². The average Bonchev–Trinajstić information content (AvgIpc) is 2.66. The minimum absolute atomic E-state index is 0.152. The zero-order chi connectivity index (χ0) is 19.5. The van der Waals surface area contributed by atoms with Crippen LogP contribution in [0.5, 0.6) is 5.75 Å². The average molecular weight is 370 g/mol. The van der Waals surface area contributed by atoms with Crippen molar-refractivity contribution in [3.05, 3.63) is 65.7 Å². The van der Waals surface area contributed by atoms with Crippen LogP contribution >= 0.6 is 0 Å². The van der Waals surface area contributed by atoms with Gasteiger partial charge in [0.15, 0.2) is 5.96 Å². The van der Waals surface area contributed by atoms with E-state index in [1.165, 1.54) is 0 Å². The third-order valence-corrected chi connectivity index (χ3v) is 3.93. The number of benzene rings is 2.